The van der Waals surface area contributed by atoms with E-state index in [-0.39, 0.29) is 5.54 Å². The molecule has 1 fully saturated rings. The number of aliphatic imine (C=N–C) groups is 1. The zero-order valence-corrected chi connectivity index (χ0v) is 11.9. The molecule has 2 aromatic rings. The molecule has 2 aromatic carbocycles. The molecule has 2 heterocycles. The first kappa shape index (κ1) is 11.9. The molecule has 20 heavy (non-hydrogen) atoms. The van der Waals surface area contributed by atoms with Crippen molar-refractivity contribution in [3.8, 4) is 0 Å². The van der Waals surface area contributed by atoms with Gasteiger partial charge in [0.05, 0.1) is 0 Å². The molecule has 2 heteroatoms. The molecule has 1 unspecified atom stereocenters. The molecular weight excluding hydrogens is 244 g/mol. The number of nitrogens with zero attached hydrogens (tertiary/aromatic N) is 1. The van der Waals surface area contributed by atoms with Gasteiger partial charge >= 0.3 is 0 Å². The van der Waals surface area contributed by atoms with Gasteiger partial charge in [-0.2, -0.15) is 0 Å². The molecule has 2 nitrogen and oxygen atoms in total. The van der Waals surface area contributed by atoms with Crippen molar-refractivity contribution in [3.63, 3.8) is 0 Å². The van der Waals surface area contributed by atoms with Gasteiger partial charge in [0.15, 0.2) is 12.2 Å². The molecule has 2 aliphatic heterocycles. The summed E-state index contributed by atoms with van der Waals surface area (Å²) in [6, 6.07) is 22.1. The van der Waals surface area contributed by atoms with Crippen molar-refractivity contribution in [2.24, 2.45) is 4.99 Å². The fourth-order valence-corrected chi connectivity index (χ4v) is 4.06. The Bertz CT molecular complexity index is 662. The molecule has 4 atom stereocenters. The quantitative estimate of drug-likeness (QED) is 0.798. The minimum absolute atomic E-state index is 0.0715. The van der Waals surface area contributed by atoms with E-state index in [2.05, 4.69) is 74.5 Å². The van der Waals surface area contributed by atoms with Gasteiger partial charge < -0.3 is 0 Å². The zero-order chi connectivity index (χ0) is 13.7. The maximum atomic E-state index is 4.97. The number of hydrogen-bond acceptors (Lipinski definition) is 1. The van der Waals surface area contributed by atoms with E-state index >= 15 is 0 Å². The Kier molecular flexibility index (Phi) is 2.39. The SMILES string of the molecule is C[C@@H]1N=C(c2ccccc2)[C@@]2(c3ccccc3)[C@@H](C)[NH+]12. The van der Waals surface area contributed by atoms with E-state index in [0.717, 1.165) is 0 Å². The predicted molar refractivity (Wildman–Crippen MR) is 81.0 cm³/mol. The normalized spacial score (nSPS) is 34.5. The van der Waals surface area contributed by atoms with E-state index in [9.17, 15) is 0 Å². The topological polar surface area (TPSA) is 16.8 Å². The highest BCUT2D eigenvalue weighted by molar-refractivity contribution is 6.09. The van der Waals surface area contributed by atoms with E-state index in [0.29, 0.717) is 12.2 Å². The molecule has 1 N–H and O–H groups in total. The molecule has 1 saturated heterocycles. The van der Waals surface area contributed by atoms with Gasteiger partial charge in [-0.3, -0.25) is 4.90 Å². The minimum Gasteiger partial charge on any atom is -0.287 e. The second-order valence-corrected chi connectivity index (χ2v) is 5.87. The monoisotopic (exact) mass is 263 g/mol. The molecule has 0 aromatic heterocycles. The van der Waals surface area contributed by atoms with Crippen LogP contribution in [-0.2, 0) is 5.54 Å². The van der Waals surface area contributed by atoms with Crippen LogP contribution in [0.15, 0.2) is 65.7 Å². The van der Waals surface area contributed by atoms with E-state index in [1.807, 2.05) is 0 Å². The summed E-state index contributed by atoms with van der Waals surface area (Å²) in [5.41, 5.74) is 4.00. The molecule has 0 amide bonds. The van der Waals surface area contributed by atoms with Crippen molar-refractivity contribution >= 4 is 5.71 Å². The van der Waals surface area contributed by atoms with Crippen molar-refractivity contribution in [1.29, 1.82) is 0 Å². The molecule has 2 aliphatic rings. The Morgan fingerprint density at radius 2 is 1.50 bits per heavy atom. The second kappa shape index (κ2) is 4.03. The Hall–Kier alpha value is -1.93. The summed E-state index contributed by atoms with van der Waals surface area (Å²) >= 11 is 0. The molecule has 0 radical (unpaired) electrons. The van der Waals surface area contributed by atoms with Gasteiger partial charge in [-0.05, 0) is 6.92 Å². The summed E-state index contributed by atoms with van der Waals surface area (Å²) in [5, 5.41) is 0. The number of fused-ring (bicyclic) bond motifs is 1. The van der Waals surface area contributed by atoms with Crippen LogP contribution in [0, 0.1) is 0 Å². The van der Waals surface area contributed by atoms with Crippen molar-refractivity contribution < 1.29 is 4.90 Å². The van der Waals surface area contributed by atoms with Gasteiger partial charge in [-0.1, -0.05) is 60.7 Å². The Labute approximate surface area is 119 Å². The number of quaternary nitrogens is 1. The summed E-state index contributed by atoms with van der Waals surface area (Å²) in [7, 11) is 0. The largest absolute Gasteiger partial charge is 0.287 e. The van der Waals surface area contributed by atoms with E-state index < -0.39 is 0 Å². The van der Waals surface area contributed by atoms with Gasteiger partial charge in [0, 0.05) is 18.1 Å². The third-order valence-corrected chi connectivity index (χ3v) is 4.91. The van der Waals surface area contributed by atoms with Crippen LogP contribution in [0.1, 0.15) is 25.0 Å². The van der Waals surface area contributed by atoms with Crippen molar-refractivity contribution in [2.45, 2.75) is 31.6 Å². The van der Waals surface area contributed by atoms with Crippen LogP contribution in [0.5, 0.6) is 0 Å². The van der Waals surface area contributed by atoms with Gasteiger partial charge in [0.2, 0.25) is 5.54 Å². The number of hydrogen-bond donors (Lipinski definition) is 1. The van der Waals surface area contributed by atoms with Gasteiger partial charge in [-0.25, -0.2) is 4.99 Å². The molecule has 0 bridgehead atoms. The average molecular weight is 263 g/mol. The third-order valence-electron chi connectivity index (χ3n) is 4.91. The molecular formula is C18H19N2+. The highest BCUT2D eigenvalue weighted by atomic mass is 15.5. The maximum absolute atomic E-state index is 4.97. The van der Waals surface area contributed by atoms with Gasteiger partial charge in [0.25, 0.3) is 0 Å². The van der Waals surface area contributed by atoms with Gasteiger partial charge in [-0.15, -0.1) is 0 Å². The highest BCUT2D eigenvalue weighted by Crippen LogP contribution is 2.39. The average Bonchev–Trinajstić information content (AvgIpc) is 2.99. The molecule has 0 spiro atoms. The standard InChI is InChI=1S/C18H18N2/c1-13-18(16-11-7-4-8-12-16)17(19-14(2)20(13)18)15-9-5-3-6-10-15/h3-14H,1-2H3/p+1/t13-,14-,18+,20?/m1/s1. The lowest BCUT2D eigenvalue weighted by Gasteiger charge is -2.11. The number of nitrogens with one attached hydrogen (secondary N) is 1. The van der Waals surface area contributed by atoms with Crippen LogP contribution in [0.3, 0.4) is 0 Å². The first-order valence-corrected chi connectivity index (χ1v) is 7.32. The number of rotatable bonds is 2. The van der Waals surface area contributed by atoms with Crippen molar-refractivity contribution in [1.82, 2.24) is 0 Å². The number of benzene rings is 2. The van der Waals surface area contributed by atoms with Gasteiger partial charge in [0.1, 0.15) is 5.71 Å². The van der Waals surface area contributed by atoms with Crippen molar-refractivity contribution in [2.75, 3.05) is 0 Å². The highest BCUT2D eigenvalue weighted by Gasteiger charge is 2.75. The Morgan fingerprint density at radius 3 is 2.10 bits per heavy atom. The van der Waals surface area contributed by atoms with Crippen LogP contribution in [-0.4, -0.2) is 17.9 Å². The summed E-state index contributed by atoms with van der Waals surface area (Å²) in [6.07, 6.45) is 0.348. The molecule has 0 aliphatic carbocycles. The molecule has 0 saturated carbocycles. The summed E-state index contributed by atoms with van der Waals surface area (Å²) in [4.78, 5) is 6.55. The lowest BCUT2D eigenvalue weighted by molar-refractivity contribution is -0.821. The van der Waals surface area contributed by atoms with Crippen LogP contribution in [0.25, 0.3) is 0 Å². The Morgan fingerprint density at radius 1 is 0.900 bits per heavy atom. The first-order valence-electron chi connectivity index (χ1n) is 7.32. The predicted octanol–water partition coefficient (Wildman–Crippen LogP) is 2.02. The summed E-state index contributed by atoms with van der Waals surface area (Å²) in [6.45, 7) is 4.57. The third kappa shape index (κ3) is 1.35. The minimum atomic E-state index is 0.0715. The smallest absolute Gasteiger partial charge is 0.220 e. The van der Waals surface area contributed by atoms with Crippen molar-refractivity contribution in [3.05, 3.63) is 71.8 Å². The lowest BCUT2D eigenvalue weighted by Crippen LogP contribution is -3.00. The molecule has 4 rings (SSSR count). The summed E-state index contributed by atoms with van der Waals surface area (Å²) in [5.74, 6) is 0. The molecule has 100 valence electrons. The zero-order valence-electron chi connectivity index (χ0n) is 11.9. The maximum Gasteiger partial charge on any atom is 0.220 e. The van der Waals surface area contributed by atoms with E-state index in [1.165, 1.54) is 16.8 Å². The first-order chi connectivity index (χ1) is 9.76. The van der Waals surface area contributed by atoms with Crippen LogP contribution >= 0.6 is 0 Å². The summed E-state index contributed by atoms with van der Waals surface area (Å²) < 4.78 is 0. The van der Waals surface area contributed by atoms with Crippen LogP contribution in [0.4, 0.5) is 0 Å². The van der Waals surface area contributed by atoms with E-state index in [1.54, 1.807) is 4.90 Å². The van der Waals surface area contributed by atoms with Crippen LogP contribution < -0.4 is 4.90 Å². The van der Waals surface area contributed by atoms with E-state index in [4.69, 9.17) is 4.99 Å². The second-order valence-electron chi connectivity index (χ2n) is 5.87. The lowest BCUT2D eigenvalue weighted by atomic mass is 9.87. The fourth-order valence-electron chi connectivity index (χ4n) is 4.06. The Balaban J connectivity index is 1.88. The fraction of sp³-hybridized carbons (Fsp3) is 0.278. The van der Waals surface area contributed by atoms with Crippen LogP contribution in [0.2, 0.25) is 0 Å².